The molecule has 0 aromatic heterocycles. The summed E-state index contributed by atoms with van der Waals surface area (Å²) in [6, 6.07) is 0. The van der Waals surface area contributed by atoms with E-state index in [-0.39, 0.29) is 19.4 Å². The zero-order valence-corrected chi connectivity index (χ0v) is 31.8. The summed E-state index contributed by atoms with van der Waals surface area (Å²) in [7, 11) is -4.75. The maximum absolute atomic E-state index is 12.4. The van der Waals surface area contributed by atoms with E-state index in [1.165, 1.54) is 103 Å². The van der Waals surface area contributed by atoms with E-state index in [4.69, 9.17) is 19.3 Å². The van der Waals surface area contributed by atoms with Crippen LogP contribution >= 0.6 is 7.82 Å². The highest BCUT2D eigenvalue weighted by molar-refractivity contribution is 7.46. The summed E-state index contributed by atoms with van der Waals surface area (Å²) in [5, 5.41) is 0. The standard InChI is InChI=1S/C39H73O8P/c1-3-5-7-9-11-13-15-17-19-21-23-25-27-29-31-33-38(40)45-35-37(36-46-48(42,43)44)47-39(41)34-32-30-28-26-24-22-20-18-16-14-12-10-8-6-4-2/h12,14,18,20,37H,3-11,13,15-17,19,21-36H2,1-2H3,(H2,42,43,44). The maximum Gasteiger partial charge on any atom is 0.469 e. The minimum atomic E-state index is -4.75. The molecule has 0 aromatic rings. The van der Waals surface area contributed by atoms with Crippen molar-refractivity contribution in [1.29, 1.82) is 0 Å². The van der Waals surface area contributed by atoms with Crippen molar-refractivity contribution < 1.29 is 37.9 Å². The third kappa shape index (κ3) is 37.4. The normalized spacial score (nSPS) is 12.7. The second-order valence-corrected chi connectivity index (χ2v) is 14.5. The highest BCUT2D eigenvalue weighted by Gasteiger charge is 2.22. The minimum absolute atomic E-state index is 0.198. The first kappa shape index (κ1) is 46.5. The summed E-state index contributed by atoms with van der Waals surface area (Å²) >= 11 is 0. The molecule has 0 bridgehead atoms. The molecule has 0 fully saturated rings. The molecule has 0 spiro atoms. The Morgan fingerprint density at radius 1 is 0.542 bits per heavy atom. The average molecular weight is 701 g/mol. The molecule has 0 aliphatic carbocycles. The van der Waals surface area contributed by atoms with Gasteiger partial charge in [0, 0.05) is 12.8 Å². The summed E-state index contributed by atoms with van der Waals surface area (Å²) in [6.07, 6.45) is 38.9. The van der Waals surface area contributed by atoms with Crippen molar-refractivity contribution in [2.45, 2.75) is 200 Å². The monoisotopic (exact) mass is 701 g/mol. The van der Waals surface area contributed by atoms with Gasteiger partial charge in [-0.3, -0.25) is 14.1 Å². The lowest BCUT2D eigenvalue weighted by Gasteiger charge is -2.18. The summed E-state index contributed by atoms with van der Waals surface area (Å²) in [6.45, 7) is 3.65. The molecular weight excluding hydrogens is 627 g/mol. The Labute approximate surface area is 294 Å². The first-order chi connectivity index (χ1) is 23.3. The number of carbonyl (C=O) groups is 2. The zero-order valence-electron chi connectivity index (χ0n) is 30.9. The average Bonchev–Trinajstić information content (AvgIpc) is 3.05. The van der Waals surface area contributed by atoms with E-state index in [1.54, 1.807) is 0 Å². The Morgan fingerprint density at radius 2 is 0.938 bits per heavy atom. The third-order valence-electron chi connectivity index (χ3n) is 8.47. The molecule has 0 rings (SSSR count). The Balaban J connectivity index is 3.95. The van der Waals surface area contributed by atoms with Gasteiger partial charge >= 0.3 is 19.8 Å². The number of phosphoric ester groups is 1. The van der Waals surface area contributed by atoms with Crippen LogP contribution in [0.1, 0.15) is 194 Å². The van der Waals surface area contributed by atoms with Crippen LogP contribution in [0.2, 0.25) is 0 Å². The highest BCUT2D eigenvalue weighted by Crippen LogP contribution is 2.36. The van der Waals surface area contributed by atoms with E-state index >= 15 is 0 Å². The Bertz CT molecular complexity index is 838. The van der Waals surface area contributed by atoms with Gasteiger partial charge in [-0.2, -0.15) is 0 Å². The molecular formula is C39H73O8P. The molecule has 0 amide bonds. The van der Waals surface area contributed by atoms with Gasteiger partial charge in [-0.05, 0) is 44.9 Å². The molecule has 1 unspecified atom stereocenters. The highest BCUT2D eigenvalue weighted by atomic mass is 31.2. The molecule has 282 valence electrons. The molecule has 0 saturated carbocycles. The van der Waals surface area contributed by atoms with Crippen molar-refractivity contribution in [1.82, 2.24) is 0 Å². The molecule has 0 aromatic carbocycles. The number of phosphoric acid groups is 1. The first-order valence-corrected chi connectivity index (χ1v) is 21.2. The molecule has 1 atom stereocenters. The van der Waals surface area contributed by atoms with Gasteiger partial charge in [0.25, 0.3) is 0 Å². The fraction of sp³-hybridized carbons (Fsp3) is 0.846. The molecule has 9 heteroatoms. The number of hydrogen-bond acceptors (Lipinski definition) is 6. The molecule has 8 nitrogen and oxygen atoms in total. The number of allylic oxidation sites excluding steroid dienone is 4. The van der Waals surface area contributed by atoms with Crippen LogP contribution in [0, 0.1) is 0 Å². The van der Waals surface area contributed by atoms with Gasteiger partial charge in [-0.1, -0.05) is 160 Å². The smallest absolute Gasteiger partial charge is 0.462 e. The van der Waals surface area contributed by atoms with Crippen LogP contribution in [-0.2, 0) is 28.2 Å². The van der Waals surface area contributed by atoms with Gasteiger partial charge in [-0.15, -0.1) is 0 Å². The minimum Gasteiger partial charge on any atom is -0.462 e. The van der Waals surface area contributed by atoms with Crippen LogP contribution in [0.4, 0.5) is 0 Å². The van der Waals surface area contributed by atoms with Crippen LogP contribution in [0.15, 0.2) is 24.3 Å². The van der Waals surface area contributed by atoms with Gasteiger partial charge in [0.2, 0.25) is 0 Å². The van der Waals surface area contributed by atoms with Crippen LogP contribution in [0.25, 0.3) is 0 Å². The second kappa shape index (κ2) is 35.4. The Kier molecular flexibility index (Phi) is 34.3. The molecule has 0 radical (unpaired) electrons. The lowest BCUT2D eigenvalue weighted by molar-refractivity contribution is -0.161. The van der Waals surface area contributed by atoms with E-state index in [2.05, 4.69) is 42.7 Å². The largest absolute Gasteiger partial charge is 0.469 e. The van der Waals surface area contributed by atoms with Crippen LogP contribution in [-0.4, -0.2) is 41.0 Å². The molecule has 0 aliphatic rings. The van der Waals surface area contributed by atoms with E-state index in [0.717, 1.165) is 57.8 Å². The predicted molar refractivity (Wildman–Crippen MR) is 198 cm³/mol. The lowest BCUT2D eigenvalue weighted by atomic mass is 10.0. The number of carbonyl (C=O) groups excluding carboxylic acids is 2. The van der Waals surface area contributed by atoms with Gasteiger partial charge in [0.1, 0.15) is 6.61 Å². The van der Waals surface area contributed by atoms with E-state index in [0.29, 0.717) is 6.42 Å². The quantitative estimate of drug-likeness (QED) is 0.0287. The number of ether oxygens (including phenoxy) is 2. The van der Waals surface area contributed by atoms with Gasteiger partial charge < -0.3 is 19.3 Å². The Morgan fingerprint density at radius 3 is 1.42 bits per heavy atom. The fourth-order valence-electron chi connectivity index (χ4n) is 5.52. The van der Waals surface area contributed by atoms with Gasteiger partial charge in [-0.25, -0.2) is 4.57 Å². The van der Waals surface area contributed by atoms with Gasteiger partial charge in [0.05, 0.1) is 6.61 Å². The summed E-state index contributed by atoms with van der Waals surface area (Å²) < 4.78 is 26.3. The lowest BCUT2D eigenvalue weighted by Crippen LogP contribution is -2.29. The van der Waals surface area contributed by atoms with Crippen LogP contribution in [0.5, 0.6) is 0 Å². The van der Waals surface area contributed by atoms with E-state index in [1.807, 2.05) is 0 Å². The van der Waals surface area contributed by atoms with Crippen molar-refractivity contribution in [3.05, 3.63) is 24.3 Å². The number of esters is 2. The van der Waals surface area contributed by atoms with E-state index in [9.17, 15) is 14.2 Å². The summed E-state index contributed by atoms with van der Waals surface area (Å²) in [5.74, 6) is -0.894. The Hall–Kier alpha value is -1.47. The van der Waals surface area contributed by atoms with Crippen molar-refractivity contribution in [2.75, 3.05) is 13.2 Å². The number of unbranched alkanes of at least 4 members (excludes halogenated alkanes) is 22. The zero-order chi connectivity index (χ0) is 35.4. The van der Waals surface area contributed by atoms with Crippen molar-refractivity contribution in [3.8, 4) is 0 Å². The molecule has 2 N–H and O–H groups in total. The fourth-order valence-corrected chi connectivity index (χ4v) is 5.88. The van der Waals surface area contributed by atoms with Gasteiger partial charge in [0.15, 0.2) is 6.10 Å². The topological polar surface area (TPSA) is 119 Å². The predicted octanol–water partition coefficient (Wildman–Crippen LogP) is 11.6. The van der Waals surface area contributed by atoms with Crippen molar-refractivity contribution in [2.24, 2.45) is 0 Å². The molecule has 0 aliphatic heterocycles. The molecule has 0 saturated heterocycles. The second-order valence-electron chi connectivity index (χ2n) is 13.3. The maximum atomic E-state index is 12.4. The molecule has 48 heavy (non-hydrogen) atoms. The summed E-state index contributed by atoms with van der Waals surface area (Å²) in [5.41, 5.74) is 0. The number of rotatable bonds is 36. The van der Waals surface area contributed by atoms with Crippen molar-refractivity contribution in [3.63, 3.8) is 0 Å². The van der Waals surface area contributed by atoms with E-state index < -0.39 is 32.5 Å². The first-order valence-electron chi connectivity index (χ1n) is 19.6. The number of hydrogen-bond donors (Lipinski definition) is 2. The van der Waals surface area contributed by atoms with Crippen LogP contribution in [0.3, 0.4) is 0 Å². The van der Waals surface area contributed by atoms with Crippen molar-refractivity contribution >= 4 is 19.8 Å². The van der Waals surface area contributed by atoms with Crippen LogP contribution < -0.4 is 0 Å². The molecule has 0 heterocycles. The third-order valence-corrected chi connectivity index (χ3v) is 8.96. The SMILES string of the molecule is CCCCCC=CCC=CCCCCCCCC(=O)OC(COC(=O)CCCCCCCCCCCCCCCCC)COP(=O)(O)O. The summed E-state index contributed by atoms with van der Waals surface area (Å²) in [4.78, 5) is 42.7.